The second-order valence-corrected chi connectivity index (χ2v) is 8.59. The monoisotopic (exact) mass is 459 g/mol. The molecule has 5 rings (SSSR count). The van der Waals surface area contributed by atoms with E-state index < -0.39 is 0 Å². The van der Waals surface area contributed by atoms with E-state index in [1.54, 1.807) is 30.9 Å². The molecule has 1 saturated heterocycles. The van der Waals surface area contributed by atoms with E-state index in [9.17, 15) is 9.18 Å². The Bertz CT molecular complexity index is 1290. The lowest BCUT2D eigenvalue weighted by Crippen LogP contribution is -2.57. The van der Waals surface area contributed by atoms with Gasteiger partial charge in [0.15, 0.2) is 0 Å². The van der Waals surface area contributed by atoms with E-state index in [4.69, 9.17) is 0 Å². The van der Waals surface area contributed by atoms with Crippen molar-refractivity contribution in [2.45, 2.75) is 25.9 Å². The summed E-state index contributed by atoms with van der Waals surface area (Å²) in [5.41, 5.74) is 3.63. The molecule has 2 amide bonds. The fourth-order valence-corrected chi connectivity index (χ4v) is 4.42. The van der Waals surface area contributed by atoms with Gasteiger partial charge < -0.3 is 20.1 Å². The van der Waals surface area contributed by atoms with Crippen molar-refractivity contribution in [3.63, 3.8) is 0 Å². The molecule has 2 atom stereocenters. The second-order valence-electron chi connectivity index (χ2n) is 8.59. The highest BCUT2D eigenvalue weighted by molar-refractivity contribution is 5.92. The van der Waals surface area contributed by atoms with Gasteiger partial charge in [-0.2, -0.15) is 0 Å². The number of halogens is 1. The summed E-state index contributed by atoms with van der Waals surface area (Å²) in [6, 6.07) is 11.8. The number of urea groups is 1. The Morgan fingerprint density at radius 2 is 1.91 bits per heavy atom. The van der Waals surface area contributed by atoms with Crippen molar-refractivity contribution >= 4 is 22.9 Å². The molecular weight excluding hydrogens is 433 g/mol. The summed E-state index contributed by atoms with van der Waals surface area (Å²) >= 11 is 0. The van der Waals surface area contributed by atoms with Gasteiger partial charge >= 0.3 is 6.03 Å². The Labute approximate surface area is 196 Å². The number of fused-ring (bicyclic) bond motifs is 1. The topological polar surface area (TPSA) is 90.0 Å². The Balaban J connectivity index is 1.29. The maximum Gasteiger partial charge on any atom is 0.318 e. The lowest BCUT2D eigenvalue weighted by atomic mass is 10.1. The number of benzene rings is 1. The summed E-state index contributed by atoms with van der Waals surface area (Å²) in [6.45, 7) is 5.81. The number of hydrogen-bond acceptors (Lipinski definition) is 5. The third-order valence-electron chi connectivity index (χ3n) is 6.29. The number of carbonyl (C=O) groups excluding carboxylic acids is 1. The Morgan fingerprint density at radius 3 is 2.65 bits per heavy atom. The molecule has 1 aromatic carbocycles. The molecule has 0 saturated carbocycles. The van der Waals surface area contributed by atoms with Crippen molar-refractivity contribution in [2.75, 3.05) is 24.5 Å². The number of amides is 2. The van der Waals surface area contributed by atoms with Crippen LogP contribution in [0.15, 0.2) is 61.2 Å². The predicted molar refractivity (Wildman–Crippen MR) is 129 cm³/mol. The van der Waals surface area contributed by atoms with E-state index >= 15 is 0 Å². The third-order valence-corrected chi connectivity index (χ3v) is 6.29. The number of nitrogens with zero attached hydrogens (tertiary/aromatic N) is 5. The average molecular weight is 460 g/mol. The molecule has 4 aromatic rings. The number of carbonyl (C=O) groups is 1. The minimum atomic E-state index is -0.291. The van der Waals surface area contributed by atoms with Crippen molar-refractivity contribution in [3.8, 4) is 11.3 Å². The fraction of sp³-hybridized carbons (Fsp3) is 0.280. The van der Waals surface area contributed by atoms with Crippen LogP contribution in [-0.2, 0) is 0 Å². The maximum atomic E-state index is 13.2. The van der Waals surface area contributed by atoms with E-state index in [0.29, 0.717) is 19.6 Å². The molecule has 34 heavy (non-hydrogen) atoms. The Kier molecular flexibility index (Phi) is 5.83. The average Bonchev–Trinajstić information content (AvgIpc) is 3.29. The minimum Gasteiger partial charge on any atom is -0.352 e. The van der Waals surface area contributed by atoms with Gasteiger partial charge in [-0.25, -0.2) is 19.2 Å². The highest BCUT2D eigenvalue weighted by Gasteiger charge is 2.30. The third kappa shape index (κ3) is 4.28. The molecule has 174 valence electrons. The number of anilines is 1. The van der Waals surface area contributed by atoms with E-state index in [-0.39, 0.29) is 23.9 Å². The molecular formula is C25H26FN7O. The van der Waals surface area contributed by atoms with Gasteiger partial charge in [0.25, 0.3) is 0 Å². The van der Waals surface area contributed by atoms with Crippen LogP contribution in [0.2, 0.25) is 0 Å². The summed E-state index contributed by atoms with van der Waals surface area (Å²) in [5.74, 6) is 0.564. The van der Waals surface area contributed by atoms with Crippen LogP contribution in [0.3, 0.4) is 0 Å². The van der Waals surface area contributed by atoms with Crippen LogP contribution in [-0.4, -0.2) is 56.5 Å². The molecule has 0 spiro atoms. The number of aromatic nitrogens is 4. The lowest BCUT2D eigenvalue weighted by molar-refractivity contribution is 0.168. The van der Waals surface area contributed by atoms with Gasteiger partial charge in [0, 0.05) is 49.3 Å². The Morgan fingerprint density at radius 1 is 1.15 bits per heavy atom. The van der Waals surface area contributed by atoms with Crippen molar-refractivity contribution < 1.29 is 9.18 Å². The van der Waals surface area contributed by atoms with E-state index in [2.05, 4.69) is 36.2 Å². The predicted octanol–water partition coefficient (Wildman–Crippen LogP) is 4.14. The summed E-state index contributed by atoms with van der Waals surface area (Å²) < 4.78 is 13.2. The van der Waals surface area contributed by atoms with Gasteiger partial charge in [-0.3, -0.25) is 4.98 Å². The molecule has 4 heterocycles. The first-order valence-electron chi connectivity index (χ1n) is 11.3. The van der Waals surface area contributed by atoms with Crippen LogP contribution in [0.1, 0.15) is 25.5 Å². The number of rotatable bonds is 4. The zero-order valence-electron chi connectivity index (χ0n) is 19.1. The molecule has 0 aliphatic carbocycles. The molecule has 1 fully saturated rings. The van der Waals surface area contributed by atoms with Crippen LogP contribution in [0.5, 0.6) is 0 Å². The highest BCUT2D eigenvalue weighted by Crippen LogP contribution is 2.29. The van der Waals surface area contributed by atoms with Crippen molar-refractivity contribution in [3.05, 3.63) is 72.6 Å². The largest absolute Gasteiger partial charge is 0.352 e. The van der Waals surface area contributed by atoms with E-state index in [0.717, 1.165) is 33.7 Å². The first kappa shape index (κ1) is 21.8. The molecule has 0 unspecified atom stereocenters. The molecule has 8 nitrogen and oxygen atoms in total. The van der Waals surface area contributed by atoms with E-state index in [1.165, 1.54) is 12.1 Å². The van der Waals surface area contributed by atoms with Crippen LogP contribution in [0.4, 0.5) is 15.0 Å². The quantitative estimate of drug-likeness (QED) is 0.479. The SMILES string of the molecule is C[C@H](NC(=O)N1CCN(c2ncnc3[nH]c(-c4ccncc4)cc23)C[C@H]1C)c1ccc(F)cc1. The van der Waals surface area contributed by atoms with Gasteiger partial charge in [0.2, 0.25) is 0 Å². The van der Waals surface area contributed by atoms with Crippen LogP contribution < -0.4 is 10.2 Å². The first-order valence-corrected chi connectivity index (χ1v) is 11.3. The minimum absolute atomic E-state index is 0.0159. The molecule has 1 aliphatic heterocycles. The maximum absolute atomic E-state index is 13.2. The highest BCUT2D eigenvalue weighted by atomic mass is 19.1. The summed E-state index contributed by atoms with van der Waals surface area (Å²) in [6.07, 6.45) is 5.09. The number of hydrogen-bond donors (Lipinski definition) is 2. The molecule has 3 aromatic heterocycles. The van der Waals surface area contributed by atoms with Gasteiger partial charge in [0.05, 0.1) is 11.4 Å². The first-order chi connectivity index (χ1) is 16.5. The van der Waals surface area contributed by atoms with Gasteiger partial charge in [-0.1, -0.05) is 12.1 Å². The summed E-state index contributed by atoms with van der Waals surface area (Å²) in [7, 11) is 0. The van der Waals surface area contributed by atoms with E-state index in [1.807, 2.05) is 30.9 Å². The summed E-state index contributed by atoms with van der Waals surface area (Å²) in [5, 5.41) is 3.98. The molecule has 0 bridgehead atoms. The van der Waals surface area contributed by atoms with Crippen molar-refractivity contribution in [1.29, 1.82) is 0 Å². The zero-order chi connectivity index (χ0) is 23.7. The molecule has 9 heteroatoms. The number of H-pyrrole nitrogens is 1. The molecule has 1 aliphatic rings. The summed E-state index contributed by atoms with van der Waals surface area (Å²) in [4.78, 5) is 33.4. The molecule has 0 radical (unpaired) electrons. The standard InChI is InChI=1S/C25H26FN7O/c1-16-14-32(11-12-33(16)25(34)30-17(2)18-3-5-20(26)6-4-18)24-21-13-22(19-7-9-27-10-8-19)31-23(21)28-15-29-24/h3-10,13,15-17H,11-12,14H2,1-2H3,(H,30,34)(H,28,29,31)/t16-,17+/m1/s1. The van der Waals surface area contributed by atoms with Gasteiger partial charge in [-0.15, -0.1) is 0 Å². The van der Waals surface area contributed by atoms with Crippen molar-refractivity contribution in [2.24, 2.45) is 0 Å². The van der Waals surface area contributed by atoms with Crippen LogP contribution in [0, 0.1) is 5.82 Å². The normalized spacial score (nSPS) is 17.1. The lowest BCUT2D eigenvalue weighted by Gasteiger charge is -2.40. The van der Waals surface area contributed by atoms with Crippen LogP contribution in [0.25, 0.3) is 22.3 Å². The number of pyridine rings is 1. The number of nitrogens with one attached hydrogen (secondary N) is 2. The second kappa shape index (κ2) is 9.09. The smallest absolute Gasteiger partial charge is 0.318 e. The molecule has 2 N–H and O–H groups in total. The van der Waals surface area contributed by atoms with Crippen LogP contribution >= 0.6 is 0 Å². The van der Waals surface area contributed by atoms with Crippen molar-refractivity contribution in [1.82, 2.24) is 30.2 Å². The fourth-order valence-electron chi connectivity index (χ4n) is 4.42. The number of aromatic amines is 1. The number of piperazine rings is 1. The van der Waals surface area contributed by atoms with Gasteiger partial charge in [0.1, 0.15) is 23.6 Å². The zero-order valence-corrected chi connectivity index (χ0v) is 19.1. The van der Waals surface area contributed by atoms with Gasteiger partial charge in [-0.05, 0) is 49.7 Å². The Hall–Kier alpha value is -4.01.